The Bertz CT molecular complexity index is 596. The molecule has 0 aliphatic heterocycles. The van der Waals surface area contributed by atoms with Crippen LogP contribution in [0.4, 0.5) is 10.1 Å². The SMILES string of the molecule is CCCC(=O)Nc1nc(-c2ccccc2)c(NC=O)s1. The summed E-state index contributed by atoms with van der Waals surface area (Å²) in [7, 11) is 0. The van der Waals surface area contributed by atoms with E-state index in [4.69, 9.17) is 0 Å². The molecule has 0 bridgehead atoms. The topological polar surface area (TPSA) is 71.1 Å². The van der Waals surface area contributed by atoms with Gasteiger partial charge in [0.15, 0.2) is 5.13 Å². The third kappa shape index (κ3) is 3.42. The van der Waals surface area contributed by atoms with E-state index in [1.165, 1.54) is 11.3 Å². The molecule has 0 spiro atoms. The molecule has 0 unspecified atom stereocenters. The van der Waals surface area contributed by atoms with Crippen LogP contribution in [0.3, 0.4) is 0 Å². The molecule has 0 saturated heterocycles. The number of amides is 2. The van der Waals surface area contributed by atoms with Crippen LogP contribution in [0.1, 0.15) is 19.8 Å². The Balaban J connectivity index is 2.29. The van der Waals surface area contributed by atoms with Gasteiger partial charge in [-0.2, -0.15) is 0 Å². The van der Waals surface area contributed by atoms with Crippen molar-refractivity contribution in [1.29, 1.82) is 0 Å². The average molecular weight is 289 g/mol. The second-order valence-corrected chi connectivity index (χ2v) is 5.12. The quantitative estimate of drug-likeness (QED) is 0.803. The number of rotatable bonds is 6. The first kappa shape index (κ1) is 14.2. The van der Waals surface area contributed by atoms with Crippen LogP contribution in [0.5, 0.6) is 0 Å². The van der Waals surface area contributed by atoms with Crippen LogP contribution in [0.2, 0.25) is 0 Å². The van der Waals surface area contributed by atoms with Crippen LogP contribution in [0.25, 0.3) is 11.3 Å². The van der Waals surface area contributed by atoms with Crippen molar-refractivity contribution in [3.8, 4) is 11.3 Å². The van der Waals surface area contributed by atoms with Crippen LogP contribution < -0.4 is 10.6 Å². The number of thiazole rings is 1. The van der Waals surface area contributed by atoms with E-state index in [0.29, 0.717) is 28.7 Å². The van der Waals surface area contributed by atoms with Crippen molar-refractivity contribution in [3.05, 3.63) is 30.3 Å². The van der Waals surface area contributed by atoms with Crippen molar-refractivity contribution in [3.63, 3.8) is 0 Å². The van der Waals surface area contributed by atoms with Gasteiger partial charge in [0.25, 0.3) is 0 Å². The zero-order chi connectivity index (χ0) is 14.4. The third-order valence-corrected chi connectivity index (χ3v) is 3.49. The van der Waals surface area contributed by atoms with Crippen molar-refractivity contribution in [2.24, 2.45) is 0 Å². The van der Waals surface area contributed by atoms with Crippen molar-refractivity contribution >= 4 is 33.8 Å². The summed E-state index contributed by atoms with van der Waals surface area (Å²) in [4.78, 5) is 26.7. The summed E-state index contributed by atoms with van der Waals surface area (Å²) in [6, 6.07) is 9.52. The van der Waals surface area contributed by atoms with Crippen molar-refractivity contribution in [2.75, 3.05) is 10.6 Å². The van der Waals surface area contributed by atoms with Crippen molar-refractivity contribution in [1.82, 2.24) is 4.98 Å². The highest BCUT2D eigenvalue weighted by Crippen LogP contribution is 2.35. The summed E-state index contributed by atoms with van der Waals surface area (Å²) >= 11 is 1.25. The fourth-order valence-electron chi connectivity index (χ4n) is 1.73. The maximum absolute atomic E-state index is 11.6. The van der Waals surface area contributed by atoms with Gasteiger partial charge in [0.1, 0.15) is 10.7 Å². The molecule has 1 aromatic carbocycles. The summed E-state index contributed by atoms with van der Waals surface area (Å²) in [5.74, 6) is -0.0708. The predicted octanol–water partition coefficient (Wildman–Crippen LogP) is 3.12. The third-order valence-electron chi connectivity index (χ3n) is 2.59. The molecule has 0 saturated carbocycles. The van der Waals surface area contributed by atoms with Gasteiger partial charge in [-0.15, -0.1) is 0 Å². The fraction of sp³-hybridized carbons (Fsp3) is 0.214. The van der Waals surface area contributed by atoms with Crippen LogP contribution in [0.15, 0.2) is 30.3 Å². The van der Waals surface area contributed by atoms with Gasteiger partial charge in [0.2, 0.25) is 12.3 Å². The Morgan fingerprint density at radius 1 is 1.35 bits per heavy atom. The second kappa shape index (κ2) is 6.81. The number of carbonyl (C=O) groups is 2. The highest BCUT2D eigenvalue weighted by molar-refractivity contribution is 7.20. The maximum atomic E-state index is 11.6. The Kier molecular flexibility index (Phi) is 4.84. The van der Waals surface area contributed by atoms with Crippen molar-refractivity contribution in [2.45, 2.75) is 19.8 Å². The number of nitrogens with zero attached hydrogens (tertiary/aromatic N) is 1. The monoisotopic (exact) mass is 289 g/mol. The summed E-state index contributed by atoms with van der Waals surface area (Å²) in [6.45, 7) is 1.94. The van der Waals surface area contributed by atoms with Crippen LogP contribution >= 0.6 is 11.3 Å². The minimum atomic E-state index is -0.0708. The van der Waals surface area contributed by atoms with Gasteiger partial charge in [0.05, 0.1) is 0 Å². The Hall–Kier alpha value is -2.21. The molecule has 1 heterocycles. The average Bonchev–Trinajstić information content (AvgIpc) is 2.83. The van der Waals surface area contributed by atoms with Gasteiger partial charge in [0, 0.05) is 12.0 Å². The molecule has 5 nitrogen and oxygen atoms in total. The fourth-order valence-corrected chi connectivity index (χ4v) is 2.59. The van der Waals surface area contributed by atoms with Gasteiger partial charge in [-0.1, -0.05) is 48.6 Å². The molecule has 0 radical (unpaired) electrons. The minimum Gasteiger partial charge on any atom is -0.318 e. The minimum absolute atomic E-state index is 0.0708. The zero-order valence-corrected chi connectivity index (χ0v) is 11.9. The van der Waals surface area contributed by atoms with Gasteiger partial charge < -0.3 is 10.6 Å². The molecular weight excluding hydrogens is 274 g/mol. The number of anilines is 2. The van der Waals surface area contributed by atoms with E-state index >= 15 is 0 Å². The van der Waals surface area contributed by atoms with Gasteiger partial charge in [-0.3, -0.25) is 9.59 Å². The number of hydrogen-bond donors (Lipinski definition) is 2. The largest absolute Gasteiger partial charge is 0.318 e. The molecule has 0 fully saturated rings. The lowest BCUT2D eigenvalue weighted by Crippen LogP contribution is -2.10. The lowest BCUT2D eigenvalue weighted by atomic mass is 10.2. The van der Waals surface area contributed by atoms with E-state index in [2.05, 4.69) is 15.6 Å². The Morgan fingerprint density at radius 2 is 2.10 bits per heavy atom. The number of aromatic nitrogens is 1. The van der Waals surface area contributed by atoms with E-state index < -0.39 is 0 Å². The molecule has 20 heavy (non-hydrogen) atoms. The maximum Gasteiger partial charge on any atom is 0.226 e. The molecular formula is C14H15N3O2S. The van der Waals surface area contributed by atoms with Gasteiger partial charge >= 0.3 is 0 Å². The van der Waals surface area contributed by atoms with E-state index in [9.17, 15) is 9.59 Å². The summed E-state index contributed by atoms with van der Waals surface area (Å²) in [5.41, 5.74) is 1.55. The van der Waals surface area contributed by atoms with E-state index in [1.807, 2.05) is 37.3 Å². The summed E-state index contributed by atoms with van der Waals surface area (Å²) in [5, 5.41) is 6.48. The van der Waals surface area contributed by atoms with E-state index in [-0.39, 0.29) is 5.91 Å². The Morgan fingerprint density at radius 3 is 2.75 bits per heavy atom. The van der Waals surface area contributed by atoms with E-state index in [1.54, 1.807) is 0 Å². The first-order valence-electron chi connectivity index (χ1n) is 6.31. The molecule has 2 amide bonds. The second-order valence-electron chi connectivity index (χ2n) is 4.12. The molecule has 0 atom stereocenters. The molecule has 2 rings (SSSR count). The highest BCUT2D eigenvalue weighted by atomic mass is 32.1. The molecule has 104 valence electrons. The van der Waals surface area contributed by atoms with E-state index in [0.717, 1.165) is 12.0 Å². The number of benzene rings is 1. The highest BCUT2D eigenvalue weighted by Gasteiger charge is 2.14. The number of nitrogens with one attached hydrogen (secondary N) is 2. The predicted molar refractivity (Wildman–Crippen MR) is 80.8 cm³/mol. The first-order chi connectivity index (χ1) is 9.74. The standard InChI is InChI=1S/C14H15N3O2S/c1-2-6-11(19)16-14-17-12(13(20-14)15-9-18)10-7-4-3-5-8-10/h3-5,7-9H,2,6H2,1H3,(H,15,18)(H,16,17,19). The molecule has 6 heteroatoms. The summed E-state index contributed by atoms with van der Waals surface area (Å²) in [6.07, 6.45) is 1.84. The normalized spacial score (nSPS) is 10.1. The van der Waals surface area contributed by atoms with Crippen LogP contribution in [0, 0.1) is 0 Å². The molecule has 2 aromatic rings. The lowest BCUT2D eigenvalue weighted by Gasteiger charge is -1.99. The lowest BCUT2D eigenvalue weighted by molar-refractivity contribution is -0.116. The Labute approximate surface area is 121 Å². The molecule has 2 N–H and O–H groups in total. The van der Waals surface area contributed by atoms with Crippen LogP contribution in [-0.2, 0) is 9.59 Å². The van der Waals surface area contributed by atoms with Crippen molar-refractivity contribution < 1.29 is 9.59 Å². The zero-order valence-electron chi connectivity index (χ0n) is 11.1. The smallest absolute Gasteiger partial charge is 0.226 e. The molecule has 1 aromatic heterocycles. The first-order valence-corrected chi connectivity index (χ1v) is 7.12. The number of carbonyl (C=O) groups excluding carboxylic acids is 2. The van der Waals surface area contributed by atoms with Gasteiger partial charge in [-0.05, 0) is 6.42 Å². The molecule has 0 aliphatic carbocycles. The van der Waals surface area contributed by atoms with Crippen LogP contribution in [-0.4, -0.2) is 17.3 Å². The molecule has 0 aliphatic rings. The number of hydrogen-bond acceptors (Lipinski definition) is 4. The summed E-state index contributed by atoms with van der Waals surface area (Å²) < 4.78 is 0. The van der Waals surface area contributed by atoms with Gasteiger partial charge in [-0.25, -0.2) is 4.98 Å².